The molecule has 0 saturated heterocycles. The molecule has 0 fully saturated rings. The molecule has 0 aliphatic heterocycles. The average molecular weight is 367 g/mol. The smallest absolute Gasteiger partial charge is 0.166 e. The maximum Gasteiger partial charge on any atom is 0.166 e. The summed E-state index contributed by atoms with van der Waals surface area (Å²) in [5.41, 5.74) is 4.80. The molecule has 5 nitrogen and oxygen atoms in total. The van der Waals surface area contributed by atoms with Crippen LogP contribution in [-0.4, -0.2) is 29.0 Å². The van der Waals surface area contributed by atoms with Crippen LogP contribution in [0.15, 0.2) is 78.9 Å². The Bertz CT molecular complexity index is 1020. The van der Waals surface area contributed by atoms with Gasteiger partial charge in [-0.3, -0.25) is 0 Å². The van der Waals surface area contributed by atoms with Crippen LogP contribution in [0.5, 0.6) is 0 Å². The van der Waals surface area contributed by atoms with Crippen LogP contribution in [-0.2, 0) is 0 Å². The number of benzene rings is 3. The first-order valence-electron chi connectivity index (χ1n) is 9.15. The van der Waals surface area contributed by atoms with Crippen molar-refractivity contribution in [2.24, 2.45) is 0 Å². The van der Waals surface area contributed by atoms with E-state index in [1.165, 1.54) is 0 Å². The van der Waals surface area contributed by atoms with Gasteiger partial charge in [0.25, 0.3) is 0 Å². The second-order valence-electron chi connectivity index (χ2n) is 6.30. The summed E-state index contributed by atoms with van der Waals surface area (Å²) in [4.78, 5) is 14.3. The Hall–Kier alpha value is -3.73. The molecule has 0 spiro atoms. The largest absolute Gasteiger partial charge is 0.388 e. The molecule has 28 heavy (non-hydrogen) atoms. The number of rotatable bonds is 5. The Morgan fingerprint density at radius 1 is 0.571 bits per heavy atom. The van der Waals surface area contributed by atoms with Gasteiger partial charge in [-0.1, -0.05) is 60.7 Å². The lowest BCUT2D eigenvalue weighted by atomic mass is 10.1. The maximum atomic E-state index is 4.79. The summed E-state index contributed by atoms with van der Waals surface area (Å²) in [7, 11) is 3.80. The first kappa shape index (κ1) is 17.7. The second-order valence-corrected chi connectivity index (χ2v) is 6.30. The fourth-order valence-electron chi connectivity index (χ4n) is 3.03. The Morgan fingerprint density at radius 3 is 1.61 bits per heavy atom. The van der Waals surface area contributed by atoms with E-state index in [0.29, 0.717) is 17.5 Å². The summed E-state index contributed by atoms with van der Waals surface area (Å²) in [5, 5.41) is 6.42. The minimum Gasteiger partial charge on any atom is -0.388 e. The summed E-state index contributed by atoms with van der Waals surface area (Å²) in [5.74, 6) is 1.94. The van der Waals surface area contributed by atoms with E-state index in [-0.39, 0.29) is 0 Å². The third-order valence-corrected chi connectivity index (χ3v) is 4.52. The van der Waals surface area contributed by atoms with Crippen molar-refractivity contribution in [3.63, 3.8) is 0 Å². The van der Waals surface area contributed by atoms with Gasteiger partial charge in [-0.2, -0.15) is 0 Å². The molecule has 0 unspecified atom stereocenters. The Balaban J connectivity index is 1.95. The Morgan fingerprint density at radius 2 is 1.11 bits per heavy atom. The molecule has 4 aromatic rings. The highest BCUT2D eigenvalue weighted by Gasteiger charge is 2.14. The molecule has 0 aliphatic carbocycles. The summed E-state index contributed by atoms with van der Waals surface area (Å²) < 4.78 is 0. The molecular formula is C23H21N5. The standard InChI is InChI=1S/C23H21N5/c1-24-18-13-14-20(25-2)19(15-18)23-27-21(16-9-5-3-6-10-16)26-22(28-23)17-11-7-4-8-12-17/h3-15,24-25H,1-2H3. The van der Waals surface area contributed by atoms with E-state index >= 15 is 0 Å². The highest BCUT2D eigenvalue weighted by atomic mass is 15.0. The molecule has 2 N–H and O–H groups in total. The third-order valence-electron chi connectivity index (χ3n) is 4.52. The molecule has 3 aromatic carbocycles. The summed E-state index contributed by atoms with van der Waals surface area (Å²) >= 11 is 0. The minimum atomic E-state index is 0.633. The van der Waals surface area contributed by atoms with Gasteiger partial charge in [0.05, 0.1) is 0 Å². The van der Waals surface area contributed by atoms with E-state index in [0.717, 1.165) is 28.1 Å². The molecule has 0 amide bonds. The predicted octanol–water partition coefficient (Wildman–Crippen LogP) is 4.96. The van der Waals surface area contributed by atoms with E-state index < -0.39 is 0 Å². The van der Waals surface area contributed by atoms with Crippen molar-refractivity contribution in [1.29, 1.82) is 0 Å². The molecule has 1 aromatic heterocycles. The number of aromatic nitrogens is 3. The monoisotopic (exact) mass is 367 g/mol. The first-order chi connectivity index (χ1) is 13.8. The van der Waals surface area contributed by atoms with Crippen molar-refractivity contribution >= 4 is 11.4 Å². The zero-order chi connectivity index (χ0) is 19.3. The SMILES string of the molecule is CNc1ccc(NC)c(-c2nc(-c3ccccc3)nc(-c3ccccc3)n2)c1. The molecule has 4 rings (SSSR count). The normalized spacial score (nSPS) is 10.5. The van der Waals surface area contributed by atoms with E-state index in [1.54, 1.807) is 0 Å². The van der Waals surface area contributed by atoms with E-state index in [1.807, 2.05) is 93.0 Å². The van der Waals surface area contributed by atoms with Gasteiger partial charge in [-0.15, -0.1) is 0 Å². The lowest BCUT2D eigenvalue weighted by Gasteiger charge is -2.13. The number of hydrogen-bond acceptors (Lipinski definition) is 5. The summed E-state index contributed by atoms with van der Waals surface area (Å²) in [6, 6.07) is 26.1. The van der Waals surface area contributed by atoms with Crippen LogP contribution in [0.4, 0.5) is 11.4 Å². The molecular weight excluding hydrogens is 346 g/mol. The Kier molecular flexibility index (Phi) is 4.97. The number of nitrogens with zero attached hydrogens (tertiary/aromatic N) is 3. The van der Waals surface area contributed by atoms with Crippen molar-refractivity contribution in [3.05, 3.63) is 78.9 Å². The summed E-state index contributed by atoms with van der Waals surface area (Å²) in [6.45, 7) is 0. The van der Waals surface area contributed by atoms with Crippen LogP contribution in [0.25, 0.3) is 34.2 Å². The van der Waals surface area contributed by atoms with Crippen molar-refractivity contribution in [2.45, 2.75) is 0 Å². The van der Waals surface area contributed by atoms with Gasteiger partial charge < -0.3 is 10.6 Å². The highest BCUT2D eigenvalue weighted by molar-refractivity contribution is 5.79. The van der Waals surface area contributed by atoms with Crippen molar-refractivity contribution in [3.8, 4) is 34.2 Å². The topological polar surface area (TPSA) is 62.7 Å². The lowest BCUT2D eigenvalue weighted by molar-refractivity contribution is 1.07. The van der Waals surface area contributed by atoms with Crippen LogP contribution in [0.1, 0.15) is 0 Å². The van der Waals surface area contributed by atoms with Crippen LogP contribution >= 0.6 is 0 Å². The van der Waals surface area contributed by atoms with E-state index in [2.05, 4.69) is 10.6 Å². The zero-order valence-corrected chi connectivity index (χ0v) is 15.8. The number of anilines is 2. The molecule has 0 atom stereocenters. The van der Waals surface area contributed by atoms with E-state index in [9.17, 15) is 0 Å². The zero-order valence-electron chi connectivity index (χ0n) is 15.8. The van der Waals surface area contributed by atoms with Gasteiger partial charge in [0.1, 0.15) is 0 Å². The molecule has 0 bridgehead atoms. The van der Waals surface area contributed by atoms with Crippen molar-refractivity contribution < 1.29 is 0 Å². The molecule has 0 radical (unpaired) electrons. The van der Waals surface area contributed by atoms with Gasteiger partial charge in [0.2, 0.25) is 0 Å². The minimum absolute atomic E-state index is 0.633. The van der Waals surface area contributed by atoms with Gasteiger partial charge in [0.15, 0.2) is 17.5 Å². The quantitative estimate of drug-likeness (QED) is 0.522. The van der Waals surface area contributed by atoms with Crippen molar-refractivity contribution in [1.82, 2.24) is 15.0 Å². The third kappa shape index (κ3) is 3.55. The van der Waals surface area contributed by atoms with Crippen LogP contribution in [0.3, 0.4) is 0 Å². The molecule has 1 heterocycles. The molecule has 0 saturated carbocycles. The van der Waals surface area contributed by atoms with Crippen LogP contribution < -0.4 is 10.6 Å². The fraction of sp³-hybridized carbons (Fsp3) is 0.0870. The lowest BCUT2D eigenvalue weighted by Crippen LogP contribution is -2.02. The van der Waals surface area contributed by atoms with E-state index in [4.69, 9.17) is 15.0 Å². The van der Waals surface area contributed by atoms with Gasteiger partial charge in [0, 0.05) is 42.2 Å². The number of nitrogens with one attached hydrogen (secondary N) is 2. The highest BCUT2D eigenvalue weighted by Crippen LogP contribution is 2.31. The molecule has 5 heteroatoms. The number of hydrogen-bond donors (Lipinski definition) is 2. The Labute approximate surface area is 164 Å². The predicted molar refractivity (Wildman–Crippen MR) is 115 cm³/mol. The average Bonchev–Trinajstić information content (AvgIpc) is 2.79. The van der Waals surface area contributed by atoms with Gasteiger partial charge >= 0.3 is 0 Å². The van der Waals surface area contributed by atoms with Crippen LogP contribution in [0, 0.1) is 0 Å². The summed E-state index contributed by atoms with van der Waals surface area (Å²) in [6.07, 6.45) is 0. The van der Waals surface area contributed by atoms with Gasteiger partial charge in [-0.25, -0.2) is 15.0 Å². The van der Waals surface area contributed by atoms with Crippen molar-refractivity contribution in [2.75, 3.05) is 24.7 Å². The molecule has 138 valence electrons. The van der Waals surface area contributed by atoms with Gasteiger partial charge in [-0.05, 0) is 18.2 Å². The molecule has 0 aliphatic rings. The fourth-order valence-corrected chi connectivity index (χ4v) is 3.03. The maximum absolute atomic E-state index is 4.79. The second kappa shape index (κ2) is 7.88. The van der Waals surface area contributed by atoms with Crippen LogP contribution in [0.2, 0.25) is 0 Å². The first-order valence-corrected chi connectivity index (χ1v) is 9.15.